The first kappa shape index (κ1) is 20.7. The molecule has 2 atom stereocenters. The lowest BCUT2D eigenvalue weighted by Crippen LogP contribution is -2.30. The summed E-state index contributed by atoms with van der Waals surface area (Å²) in [5.41, 5.74) is 1.04. The van der Waals surface area contributed by atoms with Gasteiger partial charge in [0.05, 0.1) is 11.7 Å². The molecule has 0 bridgehead atoms. The number of esters is 1. The number of carbonyl (C=O) groups is 2. The third kappa shape index (κ3) is 5.74. The second-order valence-corrected chi connectivity index (χ2v) is 7.98. The molecule has 0 spiro atoms. The van der Waals surface area contributed by atoms with Crippen molar-refractivity contribution < 1.29 is 19.1 Å². The smallest absolute Gasteiger partial charge is 0.340 e. The van der Waals surface area contributed by atoms with Crippen LogP contribution in [-0.4, -0.2) is 36.4 Å². The van der Waals surface area contributed by atoms with Gasteiger partial charge >= 0.3 is 5.97 Å². The van der Waals surface area contributed by atoms with E-state index in [-0.39, 0.29) is 6.10 Å². The largest absolute Gasteiger partial charge is 0.449 e. The van der Waals surface area contributed by atoms with Crippen molar-refractivity contribution in [3.63, 3.8) is 0 Å². The lowest BCUT2D eigenvalue weighted by atomic mass is 10.2. The van der Waals surface area contributed by atoms with Gasteiger partial charge in [0.15, 0.2) is 6.10 Å². The second kappa shape index (κ2) is 9.96. The van der Waals surface area contributed by atoms with Gasteiger partial charge in [0, 0.05) is 28.0 Å². The standard InChI is InChI=1S/C21H22ClNO4S/c1-14(20(24)23-16-10-8-15(22)9-11-16)27-21(25)18-6-2-3-7-19(18)28-13-17-5-4-12-26-17/h2-3,6-11,14,17H,4-5,12-13H2,1H3,(H,23,24)/t14-,17+/m0/s1. The average Bonchev–Trinajstić information content (AvgIpc) is 3.22. The predicted octanol–water partition coefficient (Wildman–Crippen LogP) is 4.80. The Hall–Kier alpha value is -2.02. The zero-order chi connectivity index (χ0) is 19.9. The highest BCUT2D eigenvalue weighted by atomic mass is 35.5. The van der Waals surface area contributed by atoms with Gasteiger partial charge in [-0.15, -0.1) is 11.8 Å². The highest BCUT2D eigenvalue weighted by molar-refractivity contribution is 7.99. The van der Waals surface area contributed by atoms with Crippen LogP contribution in [0.25, 0.3) is 0 Å². The van der Waals surface area contributed by atoms with Crippen molar-refractivity contribution in [2.45, 2.75) is 36.9 Å². The van der Waals surface area contributed by atoms with E-state index in [4.69, 9.17) is 21.1 Å². The molecule has 1 fully saturated rings. The number of carbonyl (C=O) groups excluding carboxylic acids is 2. The van der Waals surface area contributed by atoms with E-state index in [1.165, 1.54) is 0 Å². The third-order valence-corrected chi connectivity index (χ3v) is 5.78. The topological polar surface area (TPSA) is 64.6 Å². The van der Waals surface area contributed by atoms with E-state index in [9.17, 15) is 9.59 Å². The predicted molar refractivity (Wildman–Crippen MR) is 111 cm³/mol. The van der Waals surface area contributed by atoms with Crippen LogP contribution in [-0.2, 0) is 14.3 Å². The molecule has 1 heterocycles. The Labute approximate surface area is 173 Å². The molecule has 0 aliphatic carbocycles. The molecule has 1 aliphatic rings. The maximum Gasteiger partial charge on any atom is 0.340 e. The Bertz CT molecular complexity index is 821. The molecule has 2 aromatic carbocycles. The zero-order valence-corrected chi connectivity index (χ0v) is 17.1. The number of anilines is 1. The number of amides is 1. The van der Waals surface area contributed by atoms with Crippen LogP contribution in [0.15, 0.2) is 53.4 Å². The van der Waals surface area contributed by atoms with Crippen LogP contribution < -0.4 is 5.32 Å². The maximum atomic E-state index is 12.6. The molecule has 0 aromatic heterocycles. The molecule has 0 saturated carbocycles. The van der Waals surface area contributed by atoms with Crippen molar-refractivity contribution in [1.29, 1.82) is 0 Å². The van der Waals surface area contributed by atoms with Gasteiger partial charge in [-0.25, -0.2) is 4.79 Å². The van der Waals surface area contributed by atoms with Crippen LogP contribution >= 0.6 is 23.4 Å². The van der Waals surface area contributed by atoms with Crippen molar-refractivity contribution in [3.05, 3.63) is 59.1 Å². The first-order chi connectivity index (χ1) is 13.5. The molecule has 5 nitrogen and oxygen atoms in total. The number of halogens is 1. The van der Waals surface area contributed by atoms with E-state index >= 15 is 0 Å². The maximum absolute atomic E-state index is 12.6. The number of ether oxygens (including phenoxy) is 2. The lowest BCUT2D eigenvalue weighted by Gasteiger charge is -2.15. The molecular formula is C21H22ClNO4S. The molecule has 28 heavy (non-hydrogen) atoms. The van der Waals surface area contributed by atoms with Crippen LogP contribution in [0.4, 0.5) is 5.69 Å². The lowest BCUT2D eigenvalue weighted by molar-refractivity contribution is -0.123. The minimum atomic E-state index is -0.931. The molecule has 1 amide bonds. The fourth-order valence-corrected chi connectivity index (χ4v) is 4.01. The van der Waals surface area contributed by atoms with Crippen molar-refractivity contribution in [2.24, 2.45) is 0 Å². The zero-order valence-electron chi connectivity index (χ0n) is 15.5. The van der Waals surface area contributed by atoms with E-state index < -0.39 is 18.0 Å². The van der Waals surface area contributed by atoms with Gasteiger partial charge in [-0.05, 0) is 56.2 Å². The number of rotatable bonds is 7. The molecule has 7 heteroatoms. The Morgan fingerprint density at radius 3 is 2.71 bits per heavy atom. The molecule has 2 aromatic rings. The quantitative estimate of drug-likeness (QED) is 0.516. The summed E-state index contributed by atoms with van der Waals surface area (Å²) < 4.78 is 11.0. The first-order valence-electron chi connectivity index (χ1n) is 9.14. The van der Waals surface area contributed by atoms with Gasteiger partial charge in [0.25, 0.3) is 5.91 Å². The summed E-state index contributed by atoms with van der Waals surface area (Å²) in [5, 5.41) is 3.28. The monoisotopic (exact) mass is 419 g/mol. The Balaban J connectivity index is 1.58. The van der Waals surface area contributed by atoms with E-state index in [1.807, 2.05) is 12.1 Å². The van der Waals surface area contributed by atoms with Crippen molar-refractivity contribution in [2.75, 3.05) is 17.7 Å². The average molecular weight is 420 g/mol. The van der Waals surface area contributed by atoms with Crippen molar-refractivity contribution in [3.8, 4) is 0 Å². The summed E-state index contributed by atoms with van der Waals surface area (Å²) in [6.07, 6.45) is 1.41. The molecule has 0 radical (unpaired) electrons. The molecule has 148 valence electrons. The normalized spacial score (nSPS) is 17.1. The highest BCUT2D eigenvalue weighted by Gasteiger charge is 2.22. The molecule has 1 saturated heterocycles. The molecule has 1 N–H and O–H groups in total. The van der Waals surface area contributed by atoms with Crippen LogP contribution in [0.5, 0.6) is 0 Å². The van der Waals surface area contributed by atoms with Gasteiger partial charge in [0.2, 0.25) is 0 Å². The Kier molecular flexibility index (Phi) is 7.36. The summed E-state index contributed by atoms with van der Waals surface area (Å²) in [7, 11) is 0. The summed E-state index contributed by atoms with van der Waals surface area (Å²) in [6.45, 7) is 2.35. The van der Waals surface area contributed by atoms with E-state index in [0.717, 1.165) is 30.1 Å². The molecule has 3 rings (SSSR count). The van der Waals surface area contributed by atoms with Gasteiger partial charge in [-0.3, -0.25) is 4.79 Å². The summed E-state index contributed by atoms with van der Waals surface area (Å²) in [6, 6.07) is 14.0. The van der Waals surface area contributed by atoms with Gasteiger partial charge in [0.1, 0.15) is 0 Å². The summed E-state index contributed by atoms with van der Waals surface area (Å²) in [4.78, 5) is 25.7. The Morgan fingerprint density at radius 2 is 2.00 bits per heavy atom. The molecule has 1 aliphatic heterocycles. The minimum Gasteiger partial charge on any atom is -0.449 e. The SMILES string of the molecule is C[C@H](OC(=O)c1ccccc1SC[C@H]1CCCO1)C(=O)Nc1ccc(Cl)cc1. The first-order valence-corrected chi connectivity index (χ1v) is 10.5. The Morgan fingerprint density at radius 1 is 1.25 bits per heavy atom. The van der Waals surface area contributed by atoms with Gasteiger partial charge < -0.3 is 14.8 Å². The van der Waals surface area contributed by atoms with Gasteiger partial charge in [-0.1, -0.05) is 23.7 Å². The number of hydrogen-bond acceptors (Lipinski definition) is 5. The van der Waals surface area contributed by atoms with Crippen molar-refractivity contribution >= 4 is 40.9 Å². The fourth-order valence-electron chi connectivity index (χ4n) is 2.77. The number of thioether (sulfide) groups is 1. The van der Waals surface area contributed by atoms with Crippen LogP contribution in [0.2, 0.25) is 5.02 Å². The number of hydrogen-bond donors (Lipinski definition) is 1. The van der Waals surface area contributed by atoms with E-state index in [0.29, 0.717) is 16.3 Å². The summed E-state index contributed by atoms with van der Waals surface area (Å²) >= 11 is 7.41. The van der Waals surface area contributed by atoms with Gasteiger partial charge in [-0.2, -0.15) is 0 Å². The second-order valence-electron chi connectivity index (χ2n) is 6.49. The van der Waals surface area contributed by atoms with E-state index in [2.05, 4.69) is 5.32 Å². The minimum absolute atomic E-state index is 0.221. The van der Waals surface area contributed by atoms with Crippen LogP contribution in [0, 0.1) is 0 Å². The van der Waals surface area contributed by atoms with Crippen LogP contribution in [0.3, 0.4) is 0 Å². The highest BCUT2D eigenvalue weighted by Crippen LogP contribution is 2.27. The fraction of sp³-hybridized carbons (Fsp3) is 0.333. The summed E-state index contributed by atoms with van der Waals surface area (Å²) in [5.74, 6) is -0.133. The third-order valence-electron chi connectivity index (χ3n) is 4.32. The molecule has 0 unspecified atom stereocenters. The molecular weight excluding hydrogens is 398 g/mol. The number of benzene rings is 2. The van der Waals surface area contributed by atoms with Crippen LogP contribution in [0.1, 0.15) is 30.1 Å². The van der Waals surface area contributed by atoms with Crippen molar-refractivity contribution in [1.82, 2.24) is 0 Å². The number of nitrogens with one attached hydrogen (secondary N) is 1. The van der Waals surface area contributed by atoms with E-state index in [1.54, 1.807) is 55.1 Å².